The lowest BCUT2D eigenvalue weighted by Crippen LogP contribution is -2.06. The highest BCUT2D eigenvalue weighted by atomic mass is 79.9. The van der Waals surface area contributed by atoms with Gasteiger partial charge < -0.3 is 10.8 Å². The molecule has 18 heavy (non-hydrogen) atoms. The van der Waals surface area contributed by atoms with E-state index < -0.39 is 6.10 Å². The fourth-order valence-corrected chi connectivity index (χ4v) is 2.30. The Morgan fingerprint density at radius 3 is 2.89 bits per heavy atom. The third kappa shape index (κ3) is 3.02. The monoisotopic (exact) mass is 326 g/mol. The molecule has 0 aliphatic carbocycles. The molecule has 0 fully saturated rings. The van der Waals surface area contributed by atoms with Gasteiger partial charge >= 0.3 is 0 Å². The van der Waals surface area contributed by atoms with Crippen LogP contribution in [-0.4, -0.2) is 10.1 Å². The number of benzene rings is 1. The number of nitrogens with two attached hydrogens (primary N) is 1. The fourth-order valence-electron chi connectivity index (χ4n) is 1.72. The molecular formula is C13H12BrClN2O. The molecule has 94 valence electrons. The minimum atomic E-state index is -0.692. The van der Waals surface area contributed by atoms with Gasteiger partial charge in [0.15, 0.2) is 0 Å². The van der Waals surface area contributed by atoms with Crippen LogP contribution in [0.4, 0.5) is 5.69 Å². The third-order valence-electron chi connectivity index (χ3n) is 2.68. The smallest absolute Gasteiger partial charge is 0.0851 e. The molecule has 2 aromatic rings. The summed E-state index contributed by atoms with van der Waals surface area (Å²) in [6, 6.07) is 7.20. The molecule has 3 nitrogen and oxygen atoms in total. The standard InChI is InChI=1S/C13H12BrClN2O/c14-9-1-2-12(16)10(6-9)13(18)5-8-3-4-17-7-11(8)15/h1-4,6-7,13,18H,5,16H2. The van der Waals surface area contributed by atoms with Gasteiger partial charge in [0.25, 0.3) is 0 Å². The van der Waals surface area contributed by atoms with Gasteiger partial charge in [-0.3, -0.25) is 4.98 Å². The maximum atomic E-state index is 10.2. The number of pyridine rings is 1. The van der Waals surface area contributed by atoms with E-state index in [4.69, 9.17) is 17.3 Å². The summed E-state index contributed by atoms with van der Waals surface area (Å²) in [6.07, 6.45) is 2.93. The fraction of sp³-hybridized carbons (Fsp3) is 0.154. The molecule has 0 saturated carbocycles. The van der Waals surface area contributed by atoms with Crippen molar-refractivity contribution in [1.82, 2.24) is 4.98 Å². The summed E-state index contributed by atoms with van der Waals surface area (Å²) in [5, 5.41) is 10.8. The van der Waals surface area contributed by atoms with Crippen LogP contribution in [0.25, 0.3) is 0 Å². The van der Waals surface area contributed by atoms with Gasteiger partial charge in [-0.2, -0.15) is 0 Å². The zero-order chi connectivity index (χ0) is 13.1. The number of aliphatic hydroxyl groups is 1. The van der Waals surface area contributed by atoms with Gasteiger partial charge in [0.2, 0.25) is 0 Å². The molecule has 0 bridgehead atoms. The number of hydrogen-bond donors (Lipinski definition) is 2. The van der Waals surface area contributed by atoms with Crippen LogP contribution in [-0.2, 0) is 6.42 Å². The van der Waals surface area contributed by atoms with E-state index in [1.54, 1.807) is 24.5 Å². The first-order valence-corrected chi connectivity index (χ1v) is 6.56. The second kappa shape index (κ2) is 5.69. The minimum absolute atomic E-state index is 0.405. The van der Waals surface area contributed by atoms with E-state index in [1.165, 1.54) is 0 Å². The molecule has 3 N–H and O–H groups in total. The van der Waals surface area contributed by atoms with Crippen molar-refractivity contribution in [3.63, 3.8) is 0 Å². The molecule has 1 heterocycles. The Hall–Kier alpha value is -1.10. The molecule has 0 aliphatic rings. The summed E-state index contributed by atoms with van der Waals surface area (Å²) < 4.78 is 0.881. The normalized spacial score (nSPS) is 12.4. The Labute approximate surface area is 119 Å². The van der Waals surface area contributed by atoms with Gasteiger partial charge in [-0.15, -0.1) is 0 Å². The molecule has 0 amide bonds. The van der Waals surface area contributed by atoms with Crippen LogP contribution < -0.4 is 5.73 Å². The van der Waals surface area contributed by atoms with Crippen molar-refractivity contribution in [2.75, 3.05) is 5.73 Å². The van der Waals surface area contributed by atoms with E-state index in [9.17, 15) is 5.11 Å². The predicted molar refractivity (Wildman–Crippen MR) is 76.5 cm³/mol. The number of aliphatic hydroxyl groups excluding tert-OH is 1. The third-order valence-corrected chi connectivity index (χ3v) is 3.51. The molecule has 2 rings (SSSR count). The van der Waals surface area contributed by atoms with E-state index in [-0.39, 0.29) is 0 Å². The van der Waals surface area contributed by atoms with E-state index >= 15 is 0 Å². The summed E-state index contributed by atoms with van der Waals surface area (Å²) >= 11 is 9.37. The average Bonchev–Trinajstić information content (AvgIpc) is 2.35. The Morgan fingerprint density at radius 2 is 2.17 bits per heavy atom. The van der Waals surface area contributed by atoms with Gasteiger partial charge in [-0.1, -0.05) is 27.5 Å². The van der Waals surface area contributed by atoms with E-state index in [0.717, 1.165) is 10.0 Å². The van der Waals surface area contributed by atoms with E-state index in [0.29, 0.717) is 22.7 Å². The zero-order valence-electron chi connectivity index (χ0n) is 9.48. The quantitative estimate of drug-likeness (QED) is 0.850. The lowest BCUT2D eigenvalue weighted by Gasteiger charge is -2.14. The van der Waals surface area contributed by atoms with Crippen LogP contribution in [0, 0.1) is 0 Å². The molecule has 1 aromatic heterocycles. The SMILES string of the molecule is Nc1ccc(Br)cc1C(O)Cc1ccncc1Cl. The average molecular weight is 328 g/mol. The second-order valence-electron chi connectivity index (χ2n) is 3.96. The van der Waals surface area contributed by atoms with Crippen molar-refractivity contribution < 1.29 is 5.11 Å². The van der Waals surface area contributed by atoms with E-state index in [2.05, 4.69) is 20.9 Å². The van der Waals surface area contributed by atoms with Crippen LogP contribution in [0.15, 0.2) is 41.1 Å². The number of hydrogen-bond acceptors (Lipinski definition) is 3. The maximum absolute atomic E-state index is 10.2. The van der Waals surface area contributed by atoms with Gasteiger partial charge in [0, 0.05) is 34.5 Å². The lowest BCUT2D eigenvalue weighted by atomic mass is 10.0. The Bertz CT molecular complexity index is 562. The van der Waals surface area contributed by atoms with E-state index in [1.807, 2.05) is 12.1 Å². The van der Waals surface area contributed by atoms with Crippen molar-refractivity contribution in [2.45, 2.75) is 12.5 Å². The van der Waals surface area contributed by atoms with Crippen LogP contribution in [0.1, 0.15) is 17.2 Å². The lowest BCUT2D eigenvalue weighted by molar-refractivity contribution is 0.179. The molecular weight excluding hydrogens is 316 g/mol. The first kappa shape index (κ1) is 13.3. The largest absolute Gasteiger partial charge is 0.398 e. The minimum Gasteiger partial charge on any atom is -0.398 e. The van der Waals surface area contributed by atoms with Crippen molar-refractivity contribution in [3.05, 3.63) is 57.3 Å². The van der Waals surface area contributed by atoms with Crippen LogP contribution in [0.5, 0.6) is 0 Å². The Balaban J connectivity index is 2.25. The summed E-state index contributed by atoms with van der Waals surface area (Å²) in [5.74, 6) is 0. The van der Waals surface area contributed by atoms with Crippen molar-refractivity contribution >= 4 is 33.2 Å². The number of nitrogens with zero attached hydrogens (tertiary/aromatic N) is 1. The first-order valence-electron chi connectivity index (χ1n) is 5.39. The van der Waals surface area contributed by atoms with Crippen LogP contribution in [0.3, 0.4) is 0 Å². The maximum Gasteiger partial charge on any atom is 0.0851 e. The van der Waals surface area contributed by atoms with Crippen LogP contribution >= 0.6 is 27.5 Å². The highest BCUT2D eigenvalue weighted by molar-refractivity contribution is 9.10. The number of halogens is 2. The highest BCUT2D eigenvalue weighted by Gasteiger charge is 2.14. The molecule has 5 heteroatoms. The molecule has 0 saturated heterocycles. The topological polar surface area (TPSA) is 59.1 Å². The molecule has 1 atom stereocenters. The molecule has 0 aliphatic heterocycles. The highest BCUT2D eigenvalue weighted by Crippen LogP contribution is 2.28. The Morgan fingerprint density at radius 1 is 1.39 bits per heavy atom. The number of rotatable bonds is 3. The predicted octanol–water partition coefficient (Wildman–Crippen LogP) is 3.36. The first-order chi connectivity index (χ1) is 8.58. The van der Waals surface area contributed by atoms with Crippen molar-refractivity contribution in [3.8, 4) is 0 Å². The number of anilines is 1. The number of aromatic nitrogens is 1. The van der Waals surface area contributed by atoms with Gasteiger partial charge in [0.1, 0.15) is 0 Å². The number of nitrogen functional groups attached to an aromatic ring is 1. The summed E-state index contributed by atoms with van der Waals surface area (Å²) in [5.41, 5.74) is 7.96. The molecule has 0 radical (unpaired) electrons. The van der Waals surface area contributed by atoms with Crippen LogP contribution in [0.2, 0.25) is 5.02 Å². The summed E-state index contributed by atoms with van der Waals surface area (Å²) in [4.78, 5) is 3.91. The second-order valence-corrected chi connectivity index (χ2v) is 5.28. The van der Waals surface area contributed by atoms with Crippen molar-refractivity contribution in [1.29, 1.82) is 0 Å². The van der Waals surface area contributed by atoms with Gasteiger partial charge in [-0.25, -0.2) is 0 Å². The van der Waals surface area contributed by atoms with Gasteiger partial charge in [-0.05, 0) is 29.8 Å². The molecule has 0 spiro atoms. The Kier molecular flexibility index (Phi) is 4.22. The van der Waals surface area contributed by atoms with Crippen molar-refractivity contribution in [2.24, 2.45) is 0 Å². The zero-order valence-corrected chi connectivity index (χ0v) is 11.8. The summed E-state index contributed by atoms with van der Waals surface area (Å²) in [7, 11) is 0. The van der Waals surface area contributed by atoms with Gasteiger partial charge in [0.05, 0.1) is 11.1 Å². The summed E-state index contributed by atoms with van der Waals surface area (Å²) in [6.45, 7) is 0. The molecule has 1 unspecified atom stereocenters. The molecule has 1 aromatic carbocycles.